The van der Waals surface area contributed by atoms with Crippen LogP contribution in [-0.4, -0.2) is 170 Å². The number of esters is 6. The first-order chi connectivity index (χ1) is 41.7. The molecule has 1 atom stereocenters. The second-order valence-electron chi connectivity index (χ2n) is 20.0. The average Bonchev–Trinajstić information content (AvgIpc) is 1.96. The molecule has 0 aromatic rings. The zero-order valence-corrected chi connectivity index (χ0v) is 55.9. The van der Waals surface area contributed by atoms with Gasteiger partial charge in [-0.15, -0.1) is 0 Å². The summed E-state index contributed by atoms with van der Waals surface area (Å²) in [5.74, 6) is -2.81. The number of carbonyl (C=O) groups is 8. The molecular weight excluding hydrogens is 1110 g/mol. The summed E-state index contributed by atoms with van der Waals surface area (Å²) in [6.45, 7) is 33.7. The van der Waals surface area contributed by atoms with Crippen LogP contribution in [0.2, 0.25) is 6.32 Å². The summed E-state index contributed by atoms with van der Waals surface area (Å²) < 4.78 is 60.1. The van der Waals surface area contributed by atoms with Crippen molar-refractivity contribution in [2.24, 2.45) is 16.6 Å². The van der Waals surface area contributed by atoms with Gasteiger partial charge in [-0.2, -0.15) is 0 Å². The molecule has 488 valence electrons. The third kappa shape index (κ3) is 65.7. The Hall–Kier alpha value is -3.79. The minimum absolute atomic E-state index is 0.0291. The molecule has 0 aliphatic rings. The molecule has 0 fully saturated rings. The van der Waals surface area contributed by atoms with Gasteiger partial charge in [0, 0.05) is 39.2 Å². The maximum Gasteiger partial charge on any atom is 0.148 e. The molecule has 1 unspecified atom stereocenters. The zero-order chi connectivity index (χ0) is 68.6. The van der Waals surface area contributed by atoms with E-state index in [1.165, 1.54) is 46.0 Å². The van der Waals surface area contributed by atoms with Crippen LogP contribution in [0.1, 0.15) is 194 Å². The molecule has 5 N–H and O–H groups in total. The number of carbonyl (C=O) groups excluding carboxylic acids is 8. The van der Waals surface area contributed by atoms with Gasteiger partial charge in [-0.3, -0.25) is 19.2 Å². The Labute approximate surface area is 521 Å². The van der Waals surface area contributed by atoms with Crippen LogP contribution in [0.15, 0.2) is 38.0 Å². The van der Waals surface area contributed by atoms with Crippen molar-refractivity contribution in [3.63, 3.8) is 0 Å². The van der Waals surface area contributed by atoms with Crippen molar-refractivity contribution in [1.82, 2.24) is 16.0 Å². The van der Waals surface area contributed by atoms with E-state index in [2.05, 4.69) is 77.2 Å². The van der Waals surface area contributed by atoms with Gasteiger partial charge in [-0.05, 0) is 78.3 Å². The molecule has 0 aliphatic carbocycles. The summed E-state index contributed by atoms with van der Waals surface area (Å²) in [5.41, 5.74) is 3.08. The van der Waals surface area contributed by atoms with E-state index in [0.717, 1.165) is 109 Å². The van der Waals surface area contributed by atoms with Gasteiger partial charge in [0.25, 0.3) is 0 Å². The molecular formula is C62H120B2N4O14P2. The molecule has 0 saturated heterocycles. The molecule has 0 aliphatic heterocycles. The molecule has 84 heavy (non-hydrogen) atoms. The van der Waals surface area contributed by atoms with Crippen LogP contribution in [0.4, 0.5) is 0 Å². The van der Waals surface area contributed by atoms with Crippen molar-refractivity contribution in [2.75, 3.05) is 105 Å². The average molecular weight is 1240 g/mol. The van der Waals surface area contributed by atoms with Crippen LogP contribution in [0, 0.1) is 10.8 Å². The largest absolute Gasteiger partial charge is 0.295 e. The summed E-state index contributed by atoms with van der Waals surface area (Å²) >= 11 is 0. The molecule has 0 saturated carbocycles. The number of nitrogens with two attached hydrogens (primary N) is 1. The van der Waals surface area contributed by atoms with Gasteiger partial charge < -0.3 is 50.1 Å². The summed E-state index contributed by atoms with van der Waals surface area (Å²) in [4.78, 5) is 91.7. The summed E-state index contributed by atoms with van der Waals surface area (Å²) in [6, 6.07) is 0. The SMILES string of the molecule is C=CC(=O)OCC(CC)(COC(=O)C=C)COC(=O)C=C.CCCCN.CCCCNCCC(=O)OCC(CC)(COC(=O)CCNCCCC)COC(=O)CCNCCCC.[3H]CP([3H])([B])(CCCCC)C(C)=O.[3H]CP([3H])C(C)=O.[B]CCCCC. The minimum atomic E-state index is -3.53. The molecule has 4 radical (unpaired) electrons. The van der Waals surface area contributed by atoms with Gasteiger partial charge in [0.05, 0.1) is 39.2 Å². The Morgan fingerprint density at radius 3 is 1.06 bits per heavy atom. The first-order valence-electron chi connectivity index (χ1n) is 32.6. The molecule has 0 rings (SSSR count). The fraction of sp³-hybridized carbons (Fsp3) is 0.774. The van der Waals surface area contributed by atoms with Crippen molar-refractivity contribution >= 4 is 77.9 Å². The normalized spacial score (nSPS) is 12.0. The summed E-state index contributed by atoms with van der Waals surface area (Å²) in [5, 5.41) is 9.66. The van der Waals surface area contributed by atoms with E-state index in [4.69, 9.17) is 54.9 Å². The Bertz CT molecular complexity index is 1710. The van der Waals surface area contributed by atoms with E-state index in [0.29, 0.717) is 38.6 Å². The quantitative estimate of drug-likeness (QED) is 0.0110. The fourth-order valence-corrected chi connectivity index (χ4v) is 6.98. The van der Waals surface area contributed by atoms with Crippen LogP contribution >= 0.6 is 15.6 Å². The third-order valence-electron chi connectivity index (χ3n) is 12.2. The van der Waals surface area contributed by atoms with Gasteiger partial charge >= 0.3 is 109 Å². The second-order valence-corrected chi connectivity index (χ2v) is 24.1. The van der Waals surface area contributed by atoms with Crippen LogP contribution in [0.3, 0.4) is 0 Å². The number of rotatable bonds is 46. The molecule has 0 bridgehead atoms. The van der Waals surface area contributed by atoms with Crippen molar-refractivity contribution in [3.05, 3.63) is 38.0 Å². The van der Waals surface area contributed by atoms with Gasteiger partial charge in [0.15, 0.2) is 0 Å². The molecule has 0 aromatic heterocycles. The number of hydrogen-bond acceptors (Lipinski definition) is 18. The summed E-state index contributed by atoms with van der Waals surface area (Å²) in [7, 11) is 6.11. The number of unbranched alkanes of at least 4 members (excludes halogenated alkanes) is 8. The Morgan fingerprint density at radius 1 is 0.536 bits per heavy atom. The molecule has 22 heteroatoms. The predicted molar refractivity (Wildman–Crippen MR) is 353 cm³/mol. The van der Waals surface area contributed by atoms with Crippen LogP contribution < -0.4 is 21.7 Å². The van der Waals surface area contributed by atoms with Gasteiger partial charge in [0.2, 0.25) is 0 Å². The Balaban J connectivity index is -0.000000270. The van der Waals surface area contributed by atoms with E-state index < -0.39 is 44.3 Å². The van der Waals surface area contributed by atoms with Crippen LogP contribution in [0.5, 0.6) is 0 Å². The number of nitrogens with one attached hydrogen (secondary N) is 3. The van der Waals surface area contributed by atoms with E-state index in [-0.39, 0.29) is 101 Å². The van der Waals surface area contributed by atoms with Crippen LogP contribution in [-0.2, 0) is 66.8 Å². The third-order valence-corrected chi connectivity index (χ3v) is 15.0. The van der Waals surface area contributed by atoms with Gasteiger partial charge in [-0.25, -0.2) is 14.4 Å². The van der Waals surface area contributed by atoms with Crippen molar-refractivity contribution in [3.8, 4) is 0 Å². The Morgan fingerprint density at radius 2 is 0.857 bits per heavy atom. The monoisotopic (exact) mass is 1240 g/mol. The smallest absolute Gasteiger partial charge is 0.148 e. The molecule has 0 heterocycles. The van der Waals surface area contributed by atoms with Crippen molar-refractivity contribution in [1.29, 1.82) is 2.56 Å². The van der Waals surface area contributed by atoms with E-state index in [9.17, 15) is 38.4 Å². The fourth-order valence-electron chi connectivity index (χ4n) is 5.88. The molecule has 0 spiro atoms. The van der Waals surface area contributed by atoms with Gasteiger partial charge in [0.1, 0.15) is 45.2 Å². The first-order valence-corrected chi connectivity index (χ1v) is 33.6. The number of ether oxygens (including phenoxy) is 6. The molecule has 18 nitrogen and oxygen atoms in total. The van der Waals surface area contributed by atoms with E-state index in [1.54, 1.807) is 6.92 Å². The maximum absolute atomic E-state index is 12.3. The standard InChI is InChI=1S/C27H53N3O6.C15H20O6.C8H18BOP.C5H11B.C4H11N.C3H7OP/c1-5-9-15-28-18-12-24(31)34-21-27(8-4,22-35-25(32)13-19-29-16-10-6-2)23-36-26(33)14-20-30-17-11-7-3;1-5-12(16)19-9-15(8-4,10-20-13(17)6-2)11-21-14(18)7-3;1-4-5-6-7-11(3,9)8(2)10;1-2-3-4-5-6;1-2-3-4-5;1-3(4)5-2/h28-30H,5-23H2,1-4H3;5-7H,1-3,8-11H2,4H3;11H,4-7H2,1-3H3;2-5H2,1H3;2-5H2,1H3;5H,1-2H3/i;;3T,11T;;;2T,5T. The van der Waals surface area contributed by atoms with E-state index in [1.807, 2.05) is 6.92 Å². The predicted octanol–water partition coefficient (Wildman–Crippen LogP) is 10.5. The second kappa shape index (κ2) is 66.7. The molecule has 0 amide bonds. The van der Waals surface area contributed by atoms with E-state index >= 15 is 0 Å². The number of hydrogen-bond donors (Lipinski definition) is 4. The zero-order valence-electron chi connectivity index (χ0n) is 58.2. The maximum atomic E-state index is 12.3. The summed E-state index contributed by atoms with van der Waals surface area (Å²) in [6.07, 6.45) is 21.5. The van der Waals surface area contributed by atoms with Crippen molar-refractivity contribution < 1.29 is 69.5 Å². The first kappa shape index (κ1) is 82.3. The van der Waals surface area contributed by atoms with Crippen molar-refractivity contribution in [2.45, 2.75) is 198 Å². The topological polar surface area (TPSA) is 254 Å². The Kier molecular flexibility index (Phi) is 65.4. The van der Waals surface area contributed by atoms with Gasteiger partial charge in [-0.1, -0.05) is 128 Å². The van der Waals surface area contributed by atoms with Crippen LogP contribution in [0.25, 0.3) is 0 Å². The minimum Gasteiger partial charge on any atom is -0.295 e. The molecule has 0 aromatic carbocycles.